The third-order valence-corrected chi connectivity index (χ3v) is 6.11. The normalized spacial score (nSPS) is 19.3. The molecule has 2 fully saturated rings. The highest BCUT2D eigenvalue weighted by atomic mass is 15.3. The highest BCUT2D eigenvalue weighted by molar-refractivity contribution is 5.90. The first-order valence-corrected chi connectivity index (χ1v) is 10.4. The first kappa shape index (κ1) is 18.9. The van der Waals surface area contributed by atoms with E-state index in [1.807, 2.05) is 6.08 Å². The standard InChI is InChI=1S/C24H30N4/c1-3-5-19(6-4-2)7-8-20-9-10-22-21(15-20)23(27-18-26-22)28-16-24(17-28)11-13-25-14-12-24/h3-6,9-10,15,18,25H,1,7-8,11-14,16-17H2,2H3/b6-4-,19-5+. The van der Waals surface area contributed by atoms with Crippen LogP contribution in [0.3, 0.4) is 0 Å². The van der Waals surface area contributed by atoms with E-state index >= 15 is 0 Å². The fraction of sp³-hybridized carbons (Fsp3) is 0.417. The number of aromatic nitrogens is 2. The second-order valence-electron chi connectivity index (χ2n) is 8.13. The Morgan fingerprint density at radius 3 is 2.82 bits per heavy atom. The first-order valence-electron chi connectivity index (χ1n) is 10.4. The van der Waals surface area contributed by atoms with E-state index in [9.17, 15) is 0 Å². The SMILES string of the molecule is C=C/C=C(\C=C/C)CCc1ccc2ncnc(N3CC4(CCNCC4)C3)c2c1. The summed E-state index contributed by atoms with van der Waals surface area (Å²) in [6.45, 7) is 10.4. The lowest BCUT2D eigenvalue weighted by atomic mass is 9.72. The number of benzene rings is 1. The van der Waals surface area contributed by atoms with Crippen molar-refractivity contribution in [3.63, 3.8) is 0 Å². The molecule has 2 saturated heterocycles. The highest BCUT2D eigenvalue weighted by Crippen LogP contribution is 2.42. The molecule has 146 valence electrons. The van der Waals surface area contributed by atoms with Crippen molar-refractivity contribution in [1.82, 2.24) is 15.3 Å². The largest absolute Gasteiger partial charge is 0.355 e. The van der Waals surface area contributed by atoms with Gasteiger partial charge >= 0.3 is 0 Å². The Hall–Kier alpha value is -2.46. The molecule has 4 nitrogen and oxygen atoms in total. The summed E-state index contributed by atoms with van der Waals surface area (Å²) < 4.78 is 0. The quantitative estimate of drug-likeness (QED) is 0.759. The number of anilines is 1. The number of hydrogen-bond donors (Lipinski definition) is 1. The molecule has 0 atom stereocenters. The van der Waals surface area contributed by atoms with Gasteiger partial charge in [-0.25, -0.2) is 9.97 Å². The number of piperidine rings is 1. The average molecular weight is 375 g/mol. The number of hydrogen-bond acceptors (Lipinski definition) is 4. The molecule has 4 heteroatoms. The molecule has 0 radical (unpaired) electrons. The lowest BCUT2D eigenvalue weighted by Crippen LogP contribution is -2.60. The van der Waals surface area contributed by atoms with E-state index in [4.69, 9.17) is 0 Å². The fourth-order valence-electron chi connectivity index (χ4n) is 4.56. The van der Waals surface area contributed by atoms with E-state index in [0.29, 0.717) is 5.41 Å². The summed E-state index contributed by atoms with van der Waals surface area (Å²) in [7, 11) is 0. The van der Waals surface area contributed by atoms with Crippen LogP contribution >= 0.6 is 0 Å². The van der Waals surface area contributed by atoms with Crippen LogP contribution in [0.15, 0.2) is 61.0 Å². The van der Waals surface area contributed by atoms with Gasteiger partial charge < -0.3 is 10.2 Å². The molecule has 1 aromatic carbocycles. The topological polar surface area (TPSA) is 41.1 Å². The molecule has 28 heavy (non-hydrogen) atoms. The molecule has 1 N–H and O–H groups in total. The Balaban J connectivity index is 1.53. The van der Waals surface area contributed by atoms with Gasteiger partial charge in [0, 0.05) is 23.9 Å². The summed E-state index contributed by atoms with van der Waals surface area (Å²) in [5.74, 6) is 1.10. The summed E-state index contributed by atoms with van der Waals surface area (Å²) in [5, 5.41) is 4.67. The molecule has 1 aromatic heterocycles. The van der Waals surface area contributed by atoms with E-state index in [2.05, 4.69) is 70.1 Å². The van der Waals surface area contributed by atoms with E-state index in [-0.39, 0.29) is 0 Å². The number of allylic oxidation sites excluding steroid dienone is 5. The van der Waals surface area contributed by atoms with Crippen LogP contribution in [0.4, 0.5) is 5.82 Å². The third kappa shape index (κ3) is 3.88. The highest BCUT2D eigenvalue weighted by Gasteiger charge is 2.44. The minimum absolute atomic E-state index is 0.497. The van der Waals surface area contributed by atoms with Crippen LogP contribution in [0, 0.1) is 5.41 Å². The van der Waals surface area contributed by atoms with Crippen LogP contribution in [0.25, 0.3) is 10.9 Å². The Morgan fingerprint density at radius 2 is 2.07 bits per heavy atom. The fourth-order valence-corrected chi connectivity index (χ4v) is 4.56. The van der Waals surface area contributed by atoms with Gasteiger partial charge in [0.05, 0.1) is 5.52 Å². The lowest BCUT2D eigenvalue weighted by molar-refractivity contribution is 0.149. The van der Waals surface area contributed by atoms with Crippen molar-refractivity contribution in [2.45, 2.75) is 32.6 Å². The number of aryl methyl sites for hydroxylation is 1. The number of rotatable bonds is 6. The maximum absolute atomic E-state index is 4.67. The Labute approximate surface area is 168 Å². The van der Waals surface area contributed by atoms with Gasteiger partial charge in [0.25, 0.3) is 0 Å². The molecule has 4 rings (SSSR count). The predicted octanol–water partition coefficient (Wildman–Crippen LogP) is 4.44. The molecule has 2 aliphatic rings. The Morgan fingerprint density at radius 1 is 1.25 bits per heavy atom. The molecule has 2 aliphatic heterocycles. The number of fused-ring (bicyclic) bond motifs is 1. The van der Waals surface area contributed by atoms with Gasteiger partial charge in [0.15, 0.2) is 0 Å². The van der Waals surface area contributed by atoms with Gasteiger partial charge in [0.2, 0.25) is 0 Å². The van der Waals surface area contributed by atoms with Crippen LogP contribution in [0.5, 0.6) is 0 Å². The zero-order valence-corrected chi connectivity index (χ0v) is 16.8. The maximum atomic E-state index is 4.67. The molecule has 2 aromatic rings. The molecule has 3 heterocycles. The van der Waals surface area contributed by atoms with Crippen molar-refractivity contribution in [2.24, 2.45) is 5.41 Å². The molecule has 1 spiro atoms. The van der Waals surface area contributed by atoms with Crippen LogP contribution in [0.1, 0.15) is 31.7 Å². The van der Waals surface area contributed by atoms with Crippen molar-refractivity contribution in [2.75, 3.05) is 31.1 Å². The van der Waals surface area contributed by atoms with E-state index in [1.165, 1.54) is 29.4 Å². The van der Waals surface area contributed by atoms with Crippen LogP contribution in [-0.4, -0.2) is 36.1 Å². The molecule has 0 unspecified atom stereocenters. The molecule has 0 aliphatic carbocycles. The maximum Gasteiger partial charge on any atom is 0.139 e. The second-order valence-corrected chi connectivity index (χ2v) is 8.13. The van der Waals surface area contributed by atoms with E-state index in [1.54, 1.807) is 6.33 Å². The predicted molar refractivity (Wildman–Crippen MR) is 118 cm³/mol. The minimum atomic E-state index is 0.497. The van der Waals surface area contributed by atoms with Crippen molar-refractivity contribution in [3.8, 4) is 0 Å². The zero-order chi connectivity index (χ0) is 19.4. The van der Waals surface area contributed by atoms with E-state index in [0.717, 1.165) is 50.4 Å². The average Bonchev–Trinajstić information content (AvgIpc) is 2.70. The summed E-state index contributed by atoms with van der Waals surface area (Å²) in [5.41, 5.74) is 4.17. The number of nitrogens with one attached hydrogen (secondary N) is 1. The van der Waals surface area contributed by atoms with Gasteiger partial charge in [-0.05, 0) is 69.0 Å². The van der Waals surface area contributed by atoms with Crippen molar-refractivity contribution in [1.29, 1.82) is 0 Å². The van der Waals surface area contributed by atoms with Gasteiger partial charge in [0.1, 0.15) is 12.1 Å². The molecular weight excluding hydrogens is 344 g/mol. The van der Waals surface area contributed by atoms with Gasteiger partial charge in [-0.1, -0.05) is 36.9 Å². The molecule has 0 bridgehead atoms. The summed E-state index contributed by atoms with van der Waals surface area (Å²) in [6, 6.07) is 6.63. The second kappa shape index (κ2) is 8.27. The third-order valence-electron chi connectivity index (χ3n) is 6.11. The summed E-state index contributed by atoms with van der Waals surface area (Å²) in [6.07, 6.45) is 14.5. The van der Waals surface area contributed by atoms with Gasteiger partial charge in [-0.15, -0.1) is 0 Å². The van der Waals surface area contributed by atoms with Crippen molar-refractivity contribution < 1.29 is 0 Å². The van der Waals surface area contributed by atoms with Crippen molar-refractivity contribution >= 4 is 16.7 Å². The summed E-state index contributed by atoms with van der Waals surface area (Å²) >= 11 is 0. The monoisotopic (exact) mass is 374 g/mol. The zero-order valence-electron chi connectivity index (χ0n) is 16.8. The molecule has 0 amide bonds. The number of nitrogens with zero attached hydrogens (tertiary/aromatic N) is 3. The lowest BCUT2D eigenvalue weighted by Gasteiger charge is -2.53. The van der Waals surface area contributed by atoms with Crippen LogP contribution < -0.4 is 10.2 Å². The van der Waals surface area contributed by atoms with Crippen LogP contribution in [-0.2, 0) is 6.42 Å². The molecule has 0 saturated carbocycles. The minimum Gasteiger partial charge on any atom is -0.355 e. The van der Waals surface area contributed by atoms with Crippen molar-refractivity contribution in [3.05, 3.63) is 66.5 Å². The van der Waals surface area contributed by atoms with Crippen LogP contribution in [0.2, 0.25) is 0 Å². The first-order chi connectivity index (χ1) is 13.7. The Kier molecular flexibility index (Phi) is 5.58. The smallest absolute Gasteiger partial charge is 0.139 e. The molecular formula is C24H30N4. The Bertz CT molecular complexity index is 898. The summed E-state index contributed by atoms with van der Waals surface area (Å²) in [4.78, 5) is 11.6. The van der Waals surface area contributed by atoms with E-state index < -0.39 is 0 Å². The van der Waals surface area contributed by atoms with Gasteiger partial charge in [-0.2, -0.15) is 0 Å². The van der Waals surface area contributed by atoms with Gasteiger partial charge in [-0.3, -0.25) is 0 Å².